The predicted molar refractivity (Wildman–Crippen MR) is 53.2 cm³/mol. The minimum Gasteiger partial charge on any atom is -0.465 e. The van der Waals surface area contributed by atoms with Gasteiger partial charge < -0.3 is 9.47 Å². The second-order valence-electron chi connectivity index (χ2n) is 4.04. The van der Waals surface area contributed by atoms with Crippen LogP contribution in [-0.4, -0.2) is 18.5 Å². The third-order valence-corrected chi connectivity index (χ3v) is 3.11. The van der Waals surface area contributed by atoms with Crippen LogP contribution in [0, 0.1) is 11.8 Å². The third kappa shape index (κ3) is 1.23. The lowest BCUT2D eigenvalue weighted by Gasteiger charge is -2.14. The van der Waals surface area contributed by atoms with E-state index in [1.807, 2.05) is 30.3 Å². The van der Waals surface area contributed by atoms with E-state index in [4.69, 9.17) is 9.47 Å². The summed E-state index contributed by atoms with van der Waals surface area (Å²) in [6.45, 7) is 0.273. The maximum absolute atomic E-state index is 11.5. The van der Waals surface area contributed by atoms with E-state index in [0.29, 0.717) is 0 Å². The monoisotopic (exact) mass is 218 g/mol. The van der Waals surface area contributed by atoms with Crippen LogP contribution in [0.2, 0.25) is 0 Å². The number of cyclic esters (lactones) is 2. The van der Waals surface area contributed by atoms with Crippen LogP contribution in [0.3, 0.4) is 0 Å². The summed E-state index contributed by atoms with van der Waals surface area (Å²) >= 11 is 0. The fourth-order valence-corrected chi connectivity index (χ4v) is 2.32. The molecule has 82 valence electrons. The predicted octanol–water partition coefficient (Wildman–Crippen LogP) is 1.07. The lowest BCUT2D eigenvalue weighted by Crippen LogP contribution is -2.18. The van der Waals surface area contributed by atoms with Crippen molar-refractivity contribution in [3.05, 3.63) is 35.9 Å². The van der Waals surface area contributed by atoms with Crippen LogP contribution >= 0.6 is 0 Å². The molecule has 0 saturated carbocycles. The second kappa shape index (κ2) is 3.33. The fourth-order valence-electron chi connectivity index (χ4n) is 2.32. The number of hydrogen-bond donors (Lipinski definition) is 0. The van der Waals surface area contributed by atoms with Gasteiger partial charge in [0.25, 0.3) is 0 Å². The number of carbonyl (C=O) groups is 2. The van der Waals surface area contributed by atoms with Gasteiger partial charge in [0.15, 0.2) is 5.92 Å². The molecule has 2 aliphatic heterocycles. The lowest BCUT2D eigenvalue weighted by molar-refractivity contribution is -0.154. The average molecular weight is 218 g/mol. The topological polar surface area (TPSA) is 52.6 Å². The van der Waals surface area contributed by atoms with Crippen molar-refractivity contribution in [3.8, 4) is 0 Å². The summed E-state index contributed by atoms with van der Waals surface area (Å²) in [6.07, 6.45) is -0.342. The number of fused-ring (bicyclic) bond motifs is 1. The van der Waals surface area contributed by atoms with Gasteiger partial charge in [-0.25, -0.2) is 0 Å². The normalized spacial score (nSPS) is 32.1. The molecule has 2 aliphatic rings. The quantitative estimate of drug-likeness (QED) is 0.522. The van der Waals surface area contributed by atoms with E-state index in [1.54, 1.807) is 0 Å². The van der Waals surface area contributed by atoms with Crippen molar-refractivity contribution in [2.45, 2.75) is 6.10 Å². The number of benzene rings is 1. The van der Waals surface area contributed by atoms with Crippen LogP contribution in [0.5, 0.6) is 0 Å². The standard InChI is InChI=1S/C12H10O4/c13-11-9-8(6-15-11)10(16-12(9)14)7-4-2-1-3-5-7/h1-5,8-10H,6H2/t8-,9-,10+/m1/s1. The van der Waals surface area contributed by atoms with Crippen molar-refractivity contribution in [2.75, 3.05) is 6.61 Å². The molecule has 0 aromatic heterocycles. The first-order valence-electron chi connectivity index (χ1n) is 5.19. The maximum Gasteiger partial charge on any atom is 0.321 e. The van der Waals surface area contributed by atoms with Gasteiger partial charge in [0.05, 0.1) is 12.5 Å². The highest BCUT2D eigenvalue weighted by molar-refractivity contribution is 5.98. The third-order valence-electron chi connectivity index (χ3n) is 3.11. The van der Waals surface area contributed by atoms with Crippen LogP contribution < -0.4 is 0 Å². The molecule has 2 fully saturated rings. The van der Waals surface area contributed by atoms with Gasteiger partial charge in [0, 0.05) is 0 Å². The maximum atomic E-state index is 11.5. The molecule has 0 unspecified atom stereocenters. The Hall–Kier alpha value is -1.84. The summed E-state index contributed by atoms with van der Waals surface area (Å²) in [5, 5.41) is 0. The molecular formula is C12H10O4. The van der Waals surface area contributed by atoms with Crippen LogP contribution in [-0.2, 0) is 19.1 Å². The van der Waals surface area contributed by atoms with Gasteiger partial charge in [-0.05, 0) is 5.56 Å². The van der Waals surface area contributed by atoms with E-state index in [1.165, 1.54) is 0 Å². The molecule has 0 aliphatic carbocycles. The van der Waals surface area contributed by atoms with Gasteiger partial charge in [-0.1, -0.05) is 30.3 Å². The largest absolute Gasteiger partial charge is 0.465 e. The van der Waals surface area contributed by atoms with Gasteiger partial charge in [-0.15, -0.1) is 0 Å². The van der Waals surface area contributed by atoms with Crippen molar-refractivity contribution in [3.63, 3.8) is 0 Å². The molecule has 0 radical (unpaired) electrons. The first-order valence-corrected chi connectivity index (χ1v) is 5.19. The molecule has 3 rings (SSSR count). The Labute approximate surface area is 92.2 Å². The zero-order chi connectivity index (χ0) is 11.1. The number of hydrogen-bond acceptors (Lipinski definition) is 4. The molecule has 1 aromatic carbocycles. The van der Waals surface area contributed by atoms with Crippen molar-refractivity contribution >= 4 is 11.9 Å². The average Bonchev–Trinajstić information content (AvgIpc) is 2.83. The summed E-state index contributed by atoms with van der Waals surface area (Å²) in [6, 6.07) is 9.45. The van der Waals surface area contributed by atoms with E-state index in [9.17, 15) is 9.59 Å². The van der Waals surface area contributed by atoms with Gasteiger partial charge in [0.1, 0.15) is 6.10 Å². The zero-order valence-electron chi connectivity index (χ0n) is 8.46. The molecule has 0 bridgehead atoms. The highest BCUT2D eigenvalue weighted by Gasteiger charge is 2.54. The molecule has 3 atom stereocenters. The summed E-state index contributed by atoms with van der Waals surface area (Å²) in [5.74, 6) is -1.79. The minimum atomic E-state index is -0.717. The molecule has 2 heterocycles. The van der Waals surface area contributed by atoms with Crippen molar-refractivity contribution in [1.82, 2.24) is 0 Å². The number of esters is 2. The Morgan fingerprint density at radius 3 is 2.56 bits per heavy atom. The Bertz CT molecular complexity index is 440. The first-order chi connectivity index (χ1) is 7.77. The van der Waals surface area contributed by atoms with Crippen molar-refractivity contribution < 1.29 is 19.1 Å². The summed E-state index contributed by atoms with van der Waals surface area (Å²) in [4.78, 5) is 22.8. The van der Waals surface area contributed by atoms with E-state index in [2.05, 4.69) is 0 Å². The van der Waals surface area contributed by atoms with E-state index in [-0.39, 0.29) is 18.6 Å². The Balaban J connectivity index is 1.95. The molecule has 2 saturated heterocycles. The van der Waals surface area contributed by atoms with Gasteiger partial charge in [-0.3, -0.25) is 9.59 Å². The number of ether oxygens (including phenoxy) is 2. The molecule has 4 heteroatoms. The van der Waals surface area contributed by atoms with Crippen molar-refractivity contribution in [1.29, 1.82) is 0 Å². The van der Waals surface area contributed by atoms with Gasteiger partial charge in [0.2, 0.25) is 0 Å². The van der Waals surface area contributed by atoms with Crippen molar-refractivity contribution in [2.24, 2.45) is 11.8 Å². The first kappa shape index (κ1) is 9.39. The van der Waals surface area contributed by atoms with E-state index >= 15 is 0 Å². The summed E-state index contributed by atoms with van der Waals surface area (Å²) in [5.41, 5.74) is 0.918. The van der Waals surface area contributed by atoms with Crippen LogP contribution in [0.15, 0.2) is 30.3 Å². The number of carbonyl (C=O) groups excluding carboxylic acids is 2. The van der Waals surface area contributed by atoms with Crippen LogP contribution in [0.1, 0.15) is 11.7 Å². The van der Waals surface area contributed by atoms with Crippen LogP contribution in [0.25, 0.3) is 0 Å². The van der Waals surface area contributed by atoms with Crippen LogP contribution in [0.4, 0.5) is 0 Å². The molecular weight excluding hydrogens is 208 g/mol. The Morgan fingerprint density at radius 2 is 1.81 bits per heavy atom. The van der Waals surface area contributed by atoms with E-state index < -0.39 is 17.9 Å². The molecule has 4 nitrogen and oxygen atoms in total. The van der Waals surface area contributed by atoms with E-state index in [0.717, 1.165) is 5.56 Å². The highest BCUT2D eigenvalue weighted by atomic mass is 16.6. The molecule has 1 aromatic rings. The molecule has 0 amide bonds. The zero-order valence-corrected chi connectivity index (χ0v) is 8.46. The molecule has 0 spiro atoms. The molecule has 16 heavy (non-hydrogen) atoms. The van der Waals surface area contributed by atoms with Gasteiger partial charge >= 0.3 is 11.9 Å². The Kier molecular flexibility index (Phi) is 1.96. The number of rotatable bonds is 1. The summed E-state index contributed by atoms with van der Waals surface area (Å²) in [7, 11) is 0. The highest BCUT2D eigenvalue weighted by Crippen LogP contribution is 2.43. The SMILES string of the molecule is O=C1OC[C@@H]2[C@H]1C(=O)O[C@H]2c1ccccc1. The summed E-state index contributed by atoms with van der Waals surface area (Å²) < 4.78 is 10.1. The molecule has 0 N–H and O–H groups in total. The second-order valence-corrected chi connectivity index (χ2v) is 4.04. The minimum absolute atomic E-state index is 0.164. The fraction of sp³-hybridized carbons (Fsp3) is 0.333. The Morgan fingerprint density at radius 1 is 1.06 bits per heavy atom. The lowest BCUT2D eigenvalue weighted by atomic mass is 9.90. The smallest absolute Gasteiger partial charge is 0.321 e. The van der Waals surface area contributed by atoms with Gasteiger partial charge in [-0.2, -0.15) is 0 Å².